The third-order valence-corrected chi connectivity index (χ3v) is 7.32. The molecule has 0 aliphatic rings. The molecule has 12 heteroatoms. The van der Waals surface area contributed by atoms with Crippen molar-refractivity contribution in [3.63, 3.8) is 0 Å². The van der Waals surface area contributed by atoms with Gasteiger partial charge < -0.3 is 31.7 Å². The predicted molar refractivity (Wildman–Crippen MR) is 156 cm³/mol. The van der Waals surface area contributed by atoms with Crippen LogP contribution in [-0.4, -0.2) is 71.3 Å². The highest BCUT2D eigenvalue weighted by molar-refractivity contribution is 5.96. The average molecular weight is 584 g/mol. The lowest BCUT2D eigenvalue weighted by molar-refractivity contribution is -0.143. The van der Waals surface area contributed by atoms with Gasteiger partial charge in [0.25, 0.3) is 0 Å². The standard InChI is InChI=1S/C29H53N5O7/c1-10-13-20(30-15-35)25(36)33-24(19(9)12-3)28(39)32-22(17(6)7)26(37)34-23(18(8)11-2)27(38)31-21(29(40)41)14-16(4)5/h15-24H,10-14H2,1-9H3,(H,30,35)(H,31,38)(H,32,39)(H,33,36)(H,34,37)(H,40,41). The molecule has 0 aromatic rings. The largest absolute Gasteiger partial charge is 0.480 e. The number of carboxylic acids is 1. The van der Waals surface area contributed by atoms with Gasteiger partial charge in [0.1, 0.15) is 30.2 Å². The van der Waals surface area contributed by atoms with Gasteiger partial charge in [0, 0.05) is 0 Å². The first-order valence-electron chi connectivity index (χ1n) is 14.8. The maximum Gasteiger partial charge on any atom is 0.326 e. The van der Waals surface area contributed by atoms with Gasteiger partial charge in [-0.3, -0.25) is 24.0 Å². The fraction of sp³-hybridized carbons (Fsp3) is 0.793. The second kappa shape index (κ2) is 19.0. The Balaban J connectivity index is 5.91. The molecule has 0 heterocycles. The lowest BCUT2D eigenvalue weighted by Crippen LogP contribution is -2.61. The summed E-state index contributed by atoms with van der Waals surface area (Å²) >= 11 is 0. The molecule has 0 saturated carbocycles. The maximum atomic E-state index is 13.5. The maximum absolute atomic E-state index is 13.5. The molecule has 0 rings (SSSR count). The molecule has 0 spiro atoms. The van der Waals surface area contributed by atoms with Crippen molar-refractivity contribution in [2.75, 3.05) is 0 Å². The summed E-state index contributed by atoms with van der Waals surface area (Å²) in [6, 6.07) is -4.90. The Morgan fingerprint density at radius 3 is 1.49 bits per heavy atom. The van der Waals surface area contributed by atoms with Gasteiger partial charge in [-0.1, -0.05) is 81.6 Å². The predicted octanol–water partition coefficient (Wildman–Crippen LogP) is 1.72. The van der Waals surface area contributed by atoms with E-state index in [1.54, 1.807) is 27.7 Å². The van der Waals surface area contributed by atoms with E-state index in [4.69, 9.17) is 0 Å². The van der Waals surface area contributed by atoms with E-state index in [2.05, 4.69) is 26.6 Å². The number of rotatable bonds is 20. The van der Waals surface area contributed by atoms with E-state index in [1.807, 2.05) is 34.6 Å². The molecule has 7 unspecified atom stereocenters. The lowest BCUT2D eigenvalue weighted by Gasteiger charge is -2.31. The first-order valence-corrected chi connectivity index (χ1v) is 14.8. The zero-order chi connectivity index (χ0) is 31.9. The van der Waals surface area contributed by atoms with Crippen molar-refractivity contribution in [1.82, 2.24) is 26.6 Å². The van der Waals surface area contributed by atoms with E-state index < -0.39 is 59.8 Å². The summed E-state index contributed by atoms with van der Waals surface area (Å²) in [5.41, 5.74) is 0. The summed E-state index contributed by atoms with van der Waals surface area (Å²) in [7, 11) is 0. The van der Waals surface area contributed by atoms with Crippen molar-refractivity contribution in [1.29, 1.82) is 0 Å². The Bertz CT molecular complexity index is 880. The quantitative estimate of drug-likeness (QED) is 0.118. The van der Waals surface area contributed by atoms with Crippen LogP contribution in [0.5, 0.6) is 0 Å². The van der Waals surface area contributed by atoms with E-state index in [0.717, 1.165) is 0 Å². The Hall–Kier alpha value is -3.18. The summed E-state index contributed by atoms with van der Waals surface area (Å²) in [6.45, 7) is 16.4. The number of amides is 5. The number of hydrogen-bond acceptors (Lipinski definition) is 6. The monoisotopic (exact) mass is 583 g/mol. The molecular weight excluding hydrogens is 530 g/mol. The van der Waals surface area contributed by atoms with Gasteiger partial charge in [-0.2, -0.15) is 0 Å². The normalized spacial score (nSPS) is 16.4. The van der Waals surface area contributed by atoms with Crippen LogP contribution in [0.25, 0.3) is 0 Å². The second-order valence-corrected chi connectivity index (χ2v) is 11.6. The highest BCUT2D eigenvalue weighted by Crippen LogP contribution is 2.14. The van der Waals surface area contributed by atoms with Gasteiger partial charge in [-0.05, 0) is 36.5 Å². The highest BCUT2D eigenvalue weighted by Gasteiger charge is 2.36. The number of hydrogen-bond donors (Lipinski definition) is 6. The Morgan fingerprint density at radius 2 is 1.10 bits per heavy atom. The zero-order valence-corrected chi connectivity index (χ0v) is 26.2. The van der Waals surface area contributed by atoms with Crippen molar-refractivity contribution in [2.45, 2.75) is 125 Å². The molecule has 5 amide bonds. The number of carbonyl (C=O) groups excluding carboxylic acids is 5. The zero-order valence-electron chi connectivity index (χ0n) is 26.2. The fourth-order valence-corrected chi connectivity index (χ4v) is 4.29. The number of carbonyl (C=O) groups is 6. The Kier molecular flexibility index (Phi) is 17.6. The van der Waals surface area contributed by atoms with Crippen LogP contribution >= 0.6 is 0 Å². The highest BCUT2D eigenvalue weighted by atomic mass is 16.4. The van der Waals surface area contributed by atoms with Crippen LogP contribution in [0.1, 0.15) is 94.4 Å². The first kappa shape index (κ1) is 37.8. The molecule has 0 aliphatic carbocycles. The van der Waals surface area contributed by atoms with Gasteiger partial charge in [0.05, 0.1) is 0 Å². The van der Waals surface area contributed by atoms with Crippen molar-refractivity contribution in [2.24, 2.45) is 23.7 Å². The van der Waals surface area contributed by atoms with E-state index in [1.165, 1.54) is 0 Å². The number of aliphatic carboxylic acids is 1. The topological polar surface area (TPSA) is 183 Å². The smallest absolute Gasteiger partial charge is 0.326 e. The molecule has 0 saturated heterocycles. The van der Waals surface area contributed by atoms with Gasteiger partial charge in [0.15, 0.2) is 0 Å². The summed E-state index contributed by atoms with van der Waals surface area (Å²) in [4.78, 5) is 75.6. The SMILES string of the molecule is CCCC(NC=O)C(=O)NC(C(=O)NC(C(=O)NC(C(=O)NC(CC(C)C)C(=O)O)C(C)CC)C(C)C)C(C)CC. The molecule has 0 aliphatic heterocycles. The van der Waals surface area contributed by atoms with Gasteiger partial charge in [-0.25, -0.2) is 4.79 Å². The van der Waals surface area contributed by atoms with Crippen molar-refractivity contribution in [3.05, 3.63) is 0 Å². The third-order valence-electron chi connectivity index (χ3n) is 7.32. The summed E-state index contributed by atoms with van der Waals surface area (Å²) < 4.78 is 0. The van der Waals surface area contributed by atoms with Crippen LogP contribution < -0.4 is 26.6 Å². The van der Waals surface area contributed by atoms with Gasteiger partial charge >= 0.3 is 5.97 Å². The third kappa shape index (κ3) is 12.9. The average Bonchev–Trinajstić information content (AvgIpc) is 2.90. The molecule has 6 N–H and O–H groups in total. The molecular formula is C29H53N5O7. The molecule has 12 nitrogen and oxygen atoms in total. The minimum absolute atomic E-state index is 0.0268. The molecule has 0 aromatic heterocycles. The van der Waals surface area contributed by atoms with Crippen LogP contribution in [0.2, 0.25) is 0 Å². The second-order valence-electron chi connectivity index (χ2n) is 11.6. The molecule has 0 fully saturated rings. The Labute approximate surface area is 244 Å². The van der Waals surface area contributed by atoms with E-state index in [9.17, 15) is 33.9 Å². The molecule has 0 aromatic carbocycles. The van der Waals surface area contributed by atoms with E-state index in [0.29, 0.717) is 32.1 Å². The summed E-state index contributed by atoms with van der Waals surface area (Å²) in [5.74, 6) is -4.34. The van der Waals surface area contributed by atoms with E-state index >= 15 is 0 Å². The fourth-order valence-electron chi connectivity index (χ4n) is 4.29. The molecule has 0 radical (unpaired) electrons. The Morgan fingerprint density at radius 1 is 0.659 bits per heavy atom. The van der Waals surface area contributed by atoms with E-state index in [-0.39, 0.29) is 30.1 Å². The minimum Gasteiger partial charge on any atom is -0.480 e. The summed E-state index contributed by atoms with van der Waals surface area (Å²) in [6.07, 6.45) is 2.82. The van der Waals surface area contributed by atoms with Crippen LogP contribution in [0, 0.1) is 23.7 Å². The first-order chi connectivity index (χ1) is 19.1. The molecule has 41 heavy (non-hydrogen) atoms. The van der Waals surface area contributed by atoms with Crippen LogP contribution in [-0.2, 0) is 28.8 Å². The number of carboxylic acid groups (broad SMARTS) is 1. The van der Waals surface area contributed by atoms with Crippen molar-refractivity contribution >= 4 is 36.0 Å². The van der Waals surface area contributed by atoms with Crippen LogP contribution in [0.4, 0.5) is 0 Å². The van der Waals surface area contributed by atoms with Gasteiger partial charge in [0.2, 0.25) is 30.0 Å². The molecule has 7 atom stereocenters. The van der Waals surface area contributed by atoms with Crippen molar-refractivity contribution < 1.29 is 33.9 Å². The van der Waals surface area contributed by atoms with Gasteiger partial charge in [-0.15, -0.1) is 0 Å². The molecule has 0 bridgehead atoms. The number of nitrogens with one attached hydrogen (secondary N) is 5. The molecule has 236 valence electrons. The van der Waals surface area contributed by atoms with Crippen LogP contribution in [0.15, 0.2) is 0 Å². The minimum atomic E-state index is -1.16. The summed E-state index contributed by atoms with van der Waals surface area (Å²) in [5, 5.41) is 22.8. The van der Waals surface area contributed by atoms with Crippen LogP contribution in [0.3, 0.4) is 0 Å². The lowest BCUT2D eigenvalue weighted by atomic mass is 9.94. The van der Waals surface area contributed by atoms with Crippen molar-refractivity contribution in [3.8, 4) is 0 Å².